The molecule has 1 aliphatic rings. The van der Waals surface area contributed by atoms with Crippen molar-refractivity contribution in [3.63, 3.8) is 0 Å². The van der Waals surface area contributed by atoms with E-state index in [2.05, 4.69) is 14.9 Å². The SMILES string of the molecule is O=C(c1cccc(Cl)c1Cl)N1CCCN(c2nc3ccccc3[nH]2)CC1. The number of anilines is 1. The van der Waals surface area contributed by atoms with Gasteiger partial charge in [-0.1, -0.05) is 41.4 Å². The molecule has 0 spiro atoms. The molecule has 1 aromatic heterocycles. The molecule has 7 heteroatoms. The van der Waals surface area contributed by atoms with Crippen molar-refractivity contribution in [2.75, 3.05) is 31.1 Å². The first-order chi connectivity index (χ1) is 12.6. The smallest absolute Gasteiger partial charge is 0.255 e. The molecular weight excluding hydrogens is 371 g/mol. The lowest BCUT2D eigenvalue weighted by Gasteiger charge is -2.22. The van der Waals surface area contributed by atoms with Crippen LogP contribution in [0.5, 0.6) is 0 Å². The number of aromatic amines is 1. The van der Waals surface area contributed by atoms with Gasteiger partial charge in [-0.3, -0.25) is 4.79 Å². The summed E-state index contributed by atoms with van der Waals surface area (Å²) >= 11 is 12.3. The molecule has 1 saturated heterocycles. The highest BCUT2D eigenvalue weighted by atomic mass is 35.5. The van der Waals surface area contributed by atoms with E-state index in [4.69, 9.17) is 23.2 Å². The van der Waals surface area contributed by atoms with E-state index in [1.54, 1.807) is 18.2 Å². The average Bonchev–Trinajstić information content (AvgIpc) is 2.93. The number of imidazole rings is 1. The van der Waals surface area contributed by atoms with E-state index in [9.17, 15) is 4.79 Å². The average molecular weight is 389 g/mol. The van der Waals surface area contributed by atoms with E-state index in [-0.39, 0.29) is 5.91 Å². The van der Waals surface area contributed by atoms with Crippen LogP contribution in [0.3, 0.4) is 0 Å². The molecule has 4 rings (SSSR count). The molecule has 26 heavy (non-hydrogen) atoms. The van der Waals surface area contributed by atoms with Crippen LogP contribution in [0.4, 0.5) is 5.95 Å². The number of para-hydroxylation sites is 2. The van der Waals surface area contributed by atoms with E-state index in [1.807, 2.05) is 29.2 Å². The summed E-state index contributed by atoms with van der Waals surface area (Å²) in [7, 11) is 0. The predicted octanol–water partition coefficient (Wildman–Crippen LogP) is 4.22. The van der Waals surface area contributed by atoms with Crippen molar-refractivity contribution in [1.82, 2.24) is 14.9 Å². The quantitative estimate of drug-likeness (QED) is 0.714. The van der Waals surface area contributed by atoms with Crippen LogP contribution in [0.15, 0.2) is 42.5 Å². The standard InChI is InChI=1S/C19H18Cl2N4O/c20-14-6-3-5-13(17(14)21)18(26)24-9-4-10-25(12-11-24)19-22-15-7-1-2-8-16(15)23-19/h1-3,5-8H,4,9-12H2,(H,22,23). The highest BCUT2D eigenvalue weighted by molar-refractivity contribution is 6.43. The number of rotatable bonds is 2. The van der Waals surface area contributed by atoms with Crippen LogP contribution in [0.2, 0.25) is 10.0 Å². The minimum absolute atomic E-state index is 0.0797. The lowest BCUT2D eigenvalue weighted by Crippen LogP contribution is -2.35. The van der Waals surface area contributed by atoms with Gasteiger partial charge in [-0.25, -0.2) is 4.98 Å². The molecule has 1 fully saturated rings. The topological polar surface area (TPSA) is 52.2 Å². The fourth-order valence-corrected chi connectivity index (χ4v) is 3.64. The first-order valence-corrected chi connectivity index (χ1v) is 9.32. The van der Waals surface area contributed by atoms with Crippen LogP contribution in [0.25, 0.3) is 11.0 Å². The molecule has 1 aliphatic heterocycles. The number of fused-ring (bicyclic) bond motifs is 1. The number of hydrogen-bond acceptors (Lipinski definition) is 3. The largest absolute Gasteiger partial charge is 0.341 e. The van der Waals surface area contributed by atoms with E-state index in [0.29, 0.717) is 35.2 Å². The van der Waals surface area contributed by atoms with Crippen LogP contribution in [-0.2, 0) is 0 Å². The van der Waals surface area contributed by atoms with Gasteiger partial charge in [-0.2, -0.15) is 0 Å². The number of carbonyl (C=O) groups is 1. The summed E-state index contributed by atoms with van der Waals surface area (Å²) in [6, 6.07) is 13.1. The number of H-pyrrole nitrogens is 1. The first kappa shape index (κ1) is 17.2. The summed E-state index contributed by atoms with van der Waals surface area (Å²) in [5.74, 6) is 0.769. The molecular formula is C19H18Cl2N4O. The zero-order valence-corrected chi connectivity index (χ0v) is 15.6. The Morgan fingerprint density at radius 3 is 2.69 bits per heavy atom. The third-order valence-corrected chi connectivity index (χ3v) is 5.46. The van der Waals surface area contributed by atoms with Crippen molar-refractivity contribution < 1.29 is 4.79 Å². The molecule has 0 atom stereocenters. The van der Waals surface area contributed by atoms with Crippen LogP contribution in [0, 0.1) is 0 Å². The van der Waals surface area contributed by atoms with Gasteiger partial charge >= 0.3 is 0 Å². The van der Waals surface area contributed by atoms with Crippen molar-refractivity contribution in [2.24, 2.45) is 0 Å². The number of hydrogen-bond donors (Lipinski definition) is 1. The van der Waals surface area contributed by atoms with E-state index in [1.165, 1.54) is 0 Å². The second-order valence-electron chi connectivity index (χ2n) is 6.31. The zero-order valence-electron chi connectivity index (χ0n) is 14.1. The van der Waals surface area contributed by atoms with Gasteiger partial charge in [-0.05, 0) is 30.7 Å². The third-order valence-electron chi connectivity index (χ3n) is 4.64. The summed E-state index contributed by atoms with van der Waals surface area (Å²) in [4.78, 5) is 24.9. The Bertz CT molecular complexity index is 923. The molecule has 5 nitrogen and oxygen atoms in total. The molecule has 0 aliphatic carbocycles. The second-order valence-corrected chi connectivity index (χ2v) is 7.10. The summed E-state index contributed by atoms with van der Waals surface area (Å²) in [5.41, 5.74) is 2.42. The molecule has 2 heterocycles. The number of nitrogens with zero attached hydrogens (tertiary/aromatic N) is 3. The van der Waals surface area contributed by atoms with Gasteiger partial charge in [0.1, 0.15) is 0 Å². The van der Waals surface area contributed by atoms with E-state index < -0.39 is 0 Å². The fourth-order valence-electron chi connectivity index (χ4n) is 3.26. The Morgan fingerprint density at radius 1 is 1.00 bits per heavy atom. The minimum Gasteiger partial charge on any atom is -0.341 e. The van der Waals surface area contributed by atoms with Crippen molar-refractivity contribution >= 4 is 46.1 Å². The Kier molecular flexibility index (Phi) is 4.74. The monoisotopic (exact) mass is 388 g/mol. The fraction of sp³-hybridized carbons (Fsp3) is 0.263. The summed E-state index contributed by atoms with van der Waals surface area (Å²) in [6.45, 7) is 2.84. The van der Waals surface area contributed by atoms with E-state index >= 15 is 0 Å². The van der Waals surface area contributed by atoms with Gasteiger partial charge in [0.05, 0.1) is 26.6 Å². The van der Waals surface area contributed by atoms with Gasteiger partial charge in [0.25, 0.3) is 5.91 Å². The molecule has 0 bridgehead atoms. The molecule has 3 aromatic rings. The van der Waals surface area contributed by atoms with Crippen LogP contribution in [0.1, 0.15) is 16.8 Å². The number of benzene rings is 2. The van der Waals surface area contributed by atoms with Crippen molar-refractivity contribution in [3.8, 4) is 0 Å². The van der Waals surface area contributed by atoms with Gasteiger partial charge in [0.15, 0.2) is 0 Å². The Hall–Kier alpha value is -2.24. The van der Waals surface area contributed by atoms with E-state index in [0.717, 1.165) is 29.9 Å². The number of aromatic nitrogens is 2. The van der Waals surface area contributed by atoms with Crippen LogP contribution in [-0.4, -0.2) is 47.0 Å². The maximum atomic E-state index is 12.9. The maximum Gasteiger partial charge on any atom is 0.255 e. The van der Waals surface area contributed by atoms with Crippen molar-refractivity contribution in [3.05, 3.63) is 58.1 Å². The molecule has 0 saturated carbocycles. The number of halogens is 2. The summed E-state index contributed by atoms with van der Waals surface area (Å²) < 4.78 is 0. The third kappa shape index (κ3) is 3.24. The molecule has 1 N–H and O–H groups in total. The van der Waals surface area contributed by atoms with Crippen LogP contribution < -0.4 is 4.90 Å². The van der Waals surface area contributed by atoms with Crippen molar-refractivity contribution in [1.29, 1.82) is 0 Å². The van der Waals surface area contributed by atoms with Gasteiger partial charge in [0, 0.05) is 26.2 Å². The lowest BCUT2D eigenvalue weighted by molar-refractivity contribution is 0.0767. The molecule has 2 aromatic carbocycles. The molecule has 134 valence electrons. The number of amides is 1. The molecule has 0 radical (unpaired) electrons. The zero-order chi connectivity index (χ0) is 18.1. The maximum absolute atomic E-state index is 12.9. The van der Waals surface area contributed by atoms with Gasteiger partial charge in [-0.15, -0.1) is 0 Å². The highest BCUT2D eigenvalue weighted by Crippen LogP contribution is 2.27. The highest BCUT2D eigenvalue weighted by Gasteiger charge is 2.23. The Labute approximate surface area is 161 Å². The number of carbonyl (C=O) groups excluding carboxylic acids is 1. The Balaban J connectivity index is 1.51. The summed E-state index contributed by atoms with van der Waals surface area (Å²) in [6.07, 6.45) is 0.862. The normalized spacial score (nSPS) is 15.3. The van der Waals surface area contributed by atoms with Gasteiger partial charge < -0.3 is 14.8 Å². The van der Waals surface area contributed by atoms with Gasteiger partial charge in [0.2, 0.25) is 5.95 Å². The summed E-state index contributed by atoms with van der Waals surface area (Å²) in [5, 5.41) is 0.716. The van der Waals surface area contributed by atoms with Crippen molar-refractivity contribution in [2.45, 2.75) is 6.42 Å². The Morgan fingerprint density at radius 2 is 1.85 bits per heavy atom. The molecule has 1 amide bonds. The van der Waals surface area contributed by atoms with Crippen LogP contribution >= 0.6 is 23.2 Å². The predicted molar refractivity (Wildman–Crippen MR) is 105 cm³/mol. The second kappa shape index (κ2) is 7.17. The minimum atomic E-state index is -0.0797. The molecule has 0 unspecified atom stereocenters. The lowest BCUT2D eigenvalue weighted by atomic mass is 10.2. The first-order valence-electron chi connectivity index (χ1n) is 8.56. The number of nitrogens with one attached hydrogen (secondary N) is 1.